The second kappa shape index (κ2) is 9.30. The molecule has 0 aromatic carbocycles. The minimum atomic E-state index is 0. The summed E-state index contributed by atoms with van der Waals surface area (Å²) < 4.78 is 0. The number of carbonyl (C=O) groups excluding carboxylic acids is 1. The van der Waals surface area contributed by atoms with Gasteiger partial charge in [-0.15, -0.1) is 24.8 Å². The topological polar surface area (TPSA) is 71.2 Å². The highest BCUT2D eigenvalue weighted by molar-refractivity contribution is 5.92. The van der Waals surface area contributed by atoms with Crippen molar-refractivity contribution < 1.29 is 4.79 Å². The van der Waals surface area contributed by atoms with Crippen molar-refractivity contribution in [1.82, 2.24) is 4.98 Å². The molecule has 1 saturated heterocycles. The number of hydrogen-bond acceptors (Lipinski definition) is 4. The standard InChI is InChI=1S/C16H24N4O.2ClH/c17-13-5-4-12(10-13)16(21)19-14-6-7-15(18-11-14)20-8-2-1-3-9-20;;/h6-7,11-13H,1-5,8-10,17H2,(H,19,21);2*1H. The quantitative estimate of drug-likeness (QED) is 0.868. The van der Waals surface area contributed by atoms with Crippen molar-refractivity contribution in [2.45, 2.75) is 44.6 Å². The lowest BCUT2D eigenvalue weighted by Gasteiger charge is -2.27. The molecule has 2 atom stereocenters. The first kappa shape index (κ1) is 20.0. The number of hydrogen-bond donors (Lipinski definition) is 2. The minimum Gasteiger partial charge on any atom is -0.357 e. The summed E-state index contributed by atoms with van der Waals surface area (Å²) in [5.74, 6) is 1.15. The van der Waals surface area contributed by atoms with Crippen LogP contribution in [-0.4, -0.2) is 30.0 Å². The molecular weight excluding hydrogens is 335 g/mol. The van der Waals surface area contributed by atoms with Gasteiger partial charge in [0.25, 0.3) is 0 Å². The van der Waals surface area contributed by atoms with Crippen LogP contribution in [0.1, 0.15) is 38.5 Å². The fraction of sp³-hybridized carbons (Fsp3) is 0.625. The van der Waals surface area contributed by atoms with Crippen LogP contribution in [0.3, 0.4) is 0 Å². The fourth-order valence-corrected chi connectivity index (χ4v) is 3.27. The minimum absolute atomic E-state index is 0. The predicted molar refractivity (Wildman–Crippen MR) is 98.7 cm³/mol. The summed E-state index contributed by atoms with van der Waals surface area (Å²) in [6, 6.07) is 4.13. The van der Waals surface area contributed by atoms with Crippen LogP contribution in [0.4, 0.5) is 11.5 Å². The van der Waals surface area contributed by atoms with Crippen LogP contribution < -0.4 is 16.0 Å². The number of carbonyl (C=O) groups is 1. The molecular formula is C16H26Cl2N4O. The monoisotopic (exact) mass is 360 g/mol. The summed E-state index contributed by atoms with van der Waals surface area (Å²) in [7, 11) is 0. The summed E-state index contributed by atoms with van der Waals surface area (Å²) in [4.78, 5) is 18.9. The molecule has 130 valence electrons. The number of halogens is 2. The van der Waals surface area contributed by atoms with Gasteiger partial charge >= 0.3 is 0 Å². The van der Waals surface area contributed by atoms with Crippen LogP contribution in [0.2, 0.25) is 0 Å². The van der Waals surface area contributed by atoms with Gasteiger partial charge in [0.2, 0.25) is 5.91 Å². The third-order valence-electron chi connectivity index (χ3n) is 4.54. The number of nitrogens with one attached hydrogen (secondary N) is 1. The van der Waals surface area contributed by atoms with Gasteiger partial charge in [0.15, 0.2) is 0 Å². The Balaban J connectivity index is 0.00000132. The molecule has 2 unspecified atom stereocenters. The molecule has 23 heavy (non-hydrogen) atoms. The first-order valence-corrected chi connectivity index (χ1v) is 8.00. The van der Waals surface area contributed by atoms with E-state index in [4.69, 9.17) is 5.73 Å². The summed E-state index contributed by atoms with van der Waals surface area (Å²) in [6.07, 6.45) is 8.19. The summed E-state index contributed by atoms with van der Waals surface area (Å²) in [5, 5.41) is 2.96. The van der Waals surface area contributed by atoms with Crippen molar-refractivity contribution in [3.8, 4) is 0 Å². The van der Waals surface area contributed by atoms with Crippen molar-refractivity contribution in [3.63, 3.8) is 0 Å². The third kappa shape index (κ3) is 5.23. The van der Waals surface area contributed by atoms with Crippen LogP contribution in [0, 0.1) is 5.92 Å². The van der Waals surface area contributed by atoms with E-state index in [-0.39, 0.29) is 42.7 Å². The number of piperidine rings is 1. The molecule has 3 N–H and O–H groups in total. The van der Waals surface area contributed by atoms with E-state index in [1.54, 1.807) is 6.20 Å². The average molecular weight is 361 g/mol. The zero-order valence-electron chi connectivity index (χ0n) is 13.2. The van der Waals surface area contributed by atoms with Crippen molar-refractivity contribution >= 4 is 42.2 Å². The predicted octanol–water partition coefficient (Wildman–Crippen LogP) is 2.98. The number of nitrogens with two attached hydrogens (primary N) is 1. The molecule has 1 aromatic rings. The van der Waals surface area contributed by atoms with Gasteiger partial charge in [0.1, 0.15) is 5.82 Å². The van der Waals surface area contributed by atoms with E-state index in [1.165, 1.54) is 19.3 Å². The molecule has 1 amide bonds. The second-order valence-electron chi connectivity index (χ2n) is 6.21. The van der Waals surface area contributed by atoms with E-state index in [1.807, 2.05) is 12.1 Å². The lowest BCUT2D eigenvalue weighted by molar-refractivity contribution is -0.119. The van der Waals surface area contributed by atoms with Crippen LogP contribution in [0.15, 0.2) is 18.3 Å². The van der Waals surface area contributed by atoms with Gasteiger partial charge in [-0.3, -0.25) is 4.79 Å². The first-order chi connectivity index (χ1) is 10.2. The van der Waals surface area contributed by atoms with E-state index < -0.39 is 0 Å². The Morgan fingerprint density at radius 1 is 1.17 bits per heavy atom. The van der Waals surface area contributed by atoms with Gasteiger partial charge in [0.05, 0.1) is 11.9 Å². The normalized spacial score (nSPS) is 23.6. The molecule has 3 rings (SSSR count). The lowest BCUT2D eigenvalue weighted by Crippen LogP contribution is -2.30. The number of nitrogens with zero attached hydrogens (tertiary/aromatic N) is 2. The first-order valence-electron chi connectivity index (χ1n) is 8.00. The molecule has 2 heterocycles. The molecule has 2 fully saturated rings. The third-order valence-corrected chi connectivity index (χ3v) is 4.54. The molecule has 2 aliphatic rings. The van der Waals surface area contributed by atoms with Gasteiger partial charge in [-0.2, -0.15) is 0 Å². The van der Waals surface area contributed by atoms with E-state index >= 15 is 0 Å². The molecule has 1 saturated carbocycles. The van der Waals surface area contributed by atoms with Gasteiger partial charge in [-0.05, 0) is 50.7 Å². The molecule has 7 heteroatoms. The van der Waals surface area contributed by atoms with Crippen LogP contribution in [0.25, 0.3) is 0 Å². The second-order valence-corrected chi connectivity index (χ2v) is 6.21. The summed E-state index contributed by atoms with van der Waals surface area (Å²) in [5.41, 5.74) is 6.64. The molecule has 1 aliphatic heterocycles. The Hall–Kier alpha value is -1.04. The summed E-state index contributed by atoms with van der Waals surface area (Å²) >= 11 is 0. The van der Waals surface area contributed by atoms with E-state index in [9.17, 15) is 4.79 Å². The molecule has 1 aromatic heterocycles. The van der Waals surface area contributed by atoms with Crippen molar-refractivity contribution in [2.75, 3.05) is 23.3 Å². The Morgan fingerprint density at radius 2 is 1.91 bits per heavy atom. The van der Waals surface area contributed by atoms with Crippen molar-refractivity contribution in [2.24, 2.45) is 11.7 Å². The highest BCUT2D eigenvalue weighted by Crippen LogP contribution is 2.26. The molecule has 0 spiro atoms. The average Bonchev–Trinajstić information content (AvgIpc) is 2.96. The Bertz CT molecular complexity index is 491. The van der Waals surface area contributed by atoms with Crippen molar-refractivity contribution in [1.29, 1.82) is 0 Å². The maximum Gasteiger partial charge on any atom is 0.227 e. The molecule has 5 nitrogen and oxygen atoms in total. The molecule has 0 radical (unpaired) electrons. The fourth-order valence-electron chi connectivity index (χ4n) is 3.27. The lowest BCUT2D eigenvalue weighted by atomic mass is 10.1. The van der Waals surface area contributed by atoms with Crippen LogP contribution >= 0.6 is 24.8 Å². The maximum atomic E-state index is 12.1. The Kier molecular flexibility index (Phi) is 8.09. The zero-order chi connectivity index (χ0) is 14.7. The van der Waals surface area contributed by atoms with Gasteiger partial charge in [-0.1, -0.05) is 0 Å². The highest BCUT2D eigenvalue weighted by Gasteiger charge is 2.27. The summed E-state index contributed by atoms with van der Waals surface area (Å²) in [6.45, 7) is 2.16. The number of rotatable bonds is 3. The van der Waals surface area contributed by atoms with E-state index in [2.05, 4.69) is 15.2 Å². The number of amides is 1. The zero-order valence-corrected chi connectivity index (χ0v) is 14.9. The largest absolute Gasteiger partial charge is 0.357 e. The van der Waals surface area contributed by atoms with Gasteiger partial charge < -0.3 is 16.0 Å². The van der Waals surface area contributed by atoms with Crippen LogP contribution in [0.5, 0.6) is 0 Å². The molecule has 0 bridgehead atoms. The van der Waals surface area contributed by atoms with Crippen molar-refractivity contribution in [3.05, 3.63) is 18.3 Å². The SMILES string of the molecule is Cl.Cl.NC1CCC(C(=O)Nc2ccc(N3CCCCC3)nc2)C1. The highest BCUT2D eigenvalue weighted by atomic mass is 35.5. The van der Waals surface area contributed by atoms with Gasteiger partial charge in [-0.25, -0.2) is 4.98 Å². The molecule has 1 aliphatic carbocycles. The van der Waals surface area contributed by atoms with E-state index in [0.29, 0.717) is 0 Å². The number of pyridine rings is 1. The Morgan fingerprint density at radius 3 is 2.48 bits per heavy atom. The number of aromatic nitrogens is 1. The van der Waals surface area contributed by atoms with Gasteiger partial charge in [0, 0.05) is 25.0 Å². The van der Waals surface area contributed by atoms with Crippen LogP contribution in [-0.2, 0) is 4.79 Å². The Labute approximate surface area is 150 Å². The smallest absolute Gasteiger partial charge is 0.227 e. The number of anilines is 2. The maximum absolute atomic E-state index is 12.1. The van der Waals surface area contributed by atoms with E-state index in [0.717, 1.165) is 43.9 Å².